The molecule has 0 spiro atoms. The third-order valence-corrected chi connectivity index (χ3v) is 6.54. The van der Waals surface area contributed by atoms with Gasteiger partial charge in [0.05, 0.1) is 6.04 Å². The van der Waals surface area contributed by atoms with Gasteiger partial charge >= 0.3 is 0 Å². The second kappa shape index (κ2) is 6.70. The molecular formula is C17H16N2O3S2. The van der Waals surface area contributed by atoms with Crippen LogP contribution in [0, 0.1) is 0 Å². The van der Waals surface area contributed by atoms with E-state index in [-0.39, 0.29) is 10.4 Å². The molecule has 24 heavy (non-hydrogen) atoms. The van der Waals surface area contributed by atoms with E-state index < -0.39 is 21.5 Å². The summed E-state index contributed by atoms with van der Waals surface area (Å²) in [5.41, 5.74) is 0.925. The van der Waals surface area contributed by atoms with Gasteiger partial charge in [0, 0.05) is 11.6 Å². The molecule has 1 amide bonds. The molecule has 2 aromatic carbocycles. The lowest BCUT2D eigenvalue weighted by molar-refractivity contribution is -0.119. The number of amides is 1. The van der Waals surface area contributed by atoms with Crippen LogP contribution in [0.3, 0.4) is 0 Å². The first kappa shape index (κ1) is 16.6. The summed E-state index contributed by atoms with van der Waals surface area (Å²) in [5, 5.41) is 6.50. The fraction of sp³-hybridized carbons (Fsp3) is 0.176. The largest absolute Gasteiger partial charge is 0.349 e. The Morgan fingerprint density at radius 1 is 1.21 bits per heavy atom. The Morgan fingerprint density at radius 2 is 1.96 bits per heavy atom. The Kier molecular flexibility index (Phi) is 4.64. The number of hydrogen-bond donors (Lipinski definition) is 1. The van der Waals surface area contributed by atoms with Crippen LogP contribution in [0.5, 0.6) is 0 Å². The summed E-state index contributed by atoms with van der Waals surface area (Å²) in [6, 6.07) is 13.6. The van der Waals surface area contributed by atoms with Crippen LogP contribution in [-0.4, -0.2) is 25.1 Å². The predicted molar refractivity (Wildman–Crippen MR) is 94.7 cm³/mol. The van der Waals surface area contributed by atoms with E-state index >= 15 is 0 Å². The number of benzene rings is 2. The quantitative estimate of drug-likeness (QED) is 0.759. The molecule has 1 heterocycles. The fourth-order valence-electron chi connectivity index (χ4n) is 2.44. The molecule has 124 valence electrons. The first-order valence-corrected chi connectivity index (χ1v) is 9.89. The van der Waals surface area contributed by atoms with Gasteiger partial charge < -0.3 is 5.32 Å². The van der Waals surface area contributed by atoms with Crippen molar-refractivity contribution in [3.8, 4) is 0 Å². The molecule has 0 saturated carbocycles. The van der Waals surface area contributed by atoms with Crippen LogP contribution in [0.4, 0.5) is 0 Å². The lowest BCUT2D eigenvalue weighted by atomic mass is 10.0. The van der Waals surface area contributed by atoms with Crippen molar-refractivity contribution in [3.63, 3.8) is 0 Å². The highest BCUT2D eigenvalue weighted by atomic mass is 32.2. The summed E-state index contributed by atoms with van der Waals surface area (Å²) < 4.78 is 24.1. The summed E-state index contributed by atoms with van der Waals surface area (Å²) in [6.45, 7) is 1.83. The Labute approximate surface area is 144 Å². The van der Waals surface area contributed by atoms with Gasteiger partial charge in [-0.25, -0.2) is 13.4 Å². The standard InChI is InChI=1S/C17H16N2O3S2/c1-12(14-7-6-13-4-2-3-5-15(13)10-14)19-16(20)11-24(21,22)17-18-8-9-23-17/h2-10,12H,11H2,1H3,(H,19,20). The molecule has 3 rings (SSSR count). The molecule has 0 aliphatic heterocycles. The van der Waals surface area contributed by atoms with Crippen molar-refractivity contribution in [3.05, 3.63) is 59.6 Å². The average Bonchev–Trinajstić information content (AvgIpc) is 3.09. The Morgan fingerprint density at radius 3 is 2.67 bits per heavy atom. The molecule has 5 nitrogen and oxygen atoms in total. The van der Waals surface area contributed by atoms with E-state index in [1.807, 2.05) is 49.4 Å². The van der Waals surface area contributed by atoms with Crippen LogP contribution in [0.1, 0.15) is 18.5 Å². The van der Waals surface area contributed by atoms with E-state index in [2.05, 4.69) is 10.3 Å². The fourth-order valence-corrected chi connectivity index (χ4v) is 4.51. The highest BCUT2D eigenvalue weighted by molar-refractivity contribution is 7.93. The first-order valence-electron chi connectivity index (χ1n) is 7.36. The highest BCUT2D eigenvalue weighted by Crippen LogP contribution is 2.20. The minimum atomic E-state index is -3.68. The van der Waals surface area contributed by atoms with E-state index in [1.165, 1.54) is 6.20 Å². The van der Waals surface area contributed by atoms with Crippen molar-refractivity contribution < 1.29 is 13.2 Å². The van der Waals surface area contributed by atoms with Crippen LogP contribution >= 0.6 is 11.3 Å². The molecule has 3 aromatic rings. The summed E-state index contributed by atoms with van der Waals surface area (Å²) in [5.74, 6) is -1.14. The number of aromatic nitrogens is 1. The molecule has 1 atom stereocenters. The predicted octanol–water partition coefficient (Wildman–Crippen LogP) is 2.95. The van der Waals surface area contributed by atoms with E-state index in [1.54, 1.807) is 5.38 Å². The Hall–Kier alpha value is -2.25. The van der Waals surface area contributed by atoms with Crippen molar-refractivity contribution in [2.75, 3.05) is 5.75 Å². The Bertz CT molecular complexity index is 966. The van der Waals surface area contributed by atoms with Crippen LogP contribution in [0.25, 0.3) is 10.8 Å². The van der Waals surface area contributed by atoms with Gasteiger partial charge in [0.25, 0.3) is 0 Å². The molecular weight excluding hydrogens is 344 g/mol. The highest BCUT2D eigenvalue weighted by Gasteiger charge is 2.23. The molecule has 0 fully saturated rings. The molecule has 1 unspecified atom stereocenters. The maximum Gasteiger partial charge on any atom is 0.236 e. The lowest BCUT2D eigenvalue weighted by Gasteiger charge is -2.15. The molecule has 1 N–H and O–H groups in total. The molecule has 0 radical (unpaired) electrons. The monoisotopic (exact) mass is 360 g/mol. The zero-order valence-corrected chi connectivity index (χ0v) is 14.6. The van der Waals surface area contributed by atoms with Gasteiger partial charge in [0.2, 0.25) is 20.1 Å². The number of nitrogens with one attached hydrogen (secondary N) is 1. The van der Waals surface area contributed by atoms with Gasteiger partial charge in [-0.05, 0) is 29.3 Å². The van der Waals surface area contributed by atoms with E-state index in [4.69, 9.17) is 0 Å². The summed E-state index contributed by atoms with van der Waals surface area (Å²) >= 11 is 1.01. The van der Waals surface area contributed by atoms with E-state index in [9.17, 15) is 13.2 Å². The van der Waals surface area contributed by atoms with Gasteiger partial charge in [0.15, 0.2) is 0 Å². The second-order valence-electron chi connectivity index (χ2n) is 5.45. The molecule has 0 bridgehead atoms. The van der Waals surface area contributed by atoms with Crippen molar-refractivity contribution in [1.82, 2.24) is 10.3 Å². The third-order valence-electron chi connectivity index (χ3n) is 3.65. The first-order chi connectivity index (χ1) is 11.5. The second-order valence-corrected chi connectivity index (χ2v) is 8.51. The number of fused-ring (bicyclic) bond motifs is 1. The molecule has 0 aliphatic rings. The summed E-state index contributed by atoms with van der Waals surface area (Å²) in [7, 11) is -3.68. The minimum absolute atomic E-state index is 0.0315. The average molecular weight is 360 g/mol. The molecule has 0 saturated heterocycles. The van der Waals surface area contributed by atoms with Crippen LogP contribution in [-0.2, 0) is 14.6 Å². The van der Waals surface area contributed by atoms with E-state index in [0.29, 0.717) is 0 Å². The van der Waals surface area contributed by atoms with Crippen LogP contribution in [0.15, 0.2) is 58.4 Å². The van der Waals surface area contributed by atoms with Crippen LogP contribution in [0.2, 0.25) is 0 Å². The number of sulfone groups is 1. The van der Waals surface area contributed by atoms with Crippen molar-refractivity contribution in [2.24, 2.45) is 0 Å². The van der Waals surface area contributed by atoms with Crippen molar-refractivity contribution in [2.45, 2.75) is 17.3 Å². The maximum absolute atomic E-state index is 12.1. The van der Waals surface area contributed by atoms with Gasteiger partial charge in [-0.2, -0.15) is 0 Å². The Balaban J connectivity index is 1.71. The molecule has 1 aromatic heterocycles. The number of carbonyl (C=O) groups is 1. The smallest absolute Gasteiger partial charge is 0.236 e. The van der Waals surface area contributed by atoms with Crippen molar-refractivity contribution in [1.29, 1.82) is 0 Å². The van der Waals surface area contributed by atoms with Gasteiger partial charge in [-0.1, -0.05) is 36.4 Å². The van der Waals surface area contributed by atoms with Gasteiger partial charge in [-0.3, -0.25) is 4.79 Å². The number of nitrogens with zero attached hydrogens (tertiary/aromatic N) is 1. The zero-order chi connectivity index (χ0) is 17.2. The third kappa shape index (κ3) is 3.63. The van der Waals surface area contributed by atoms with Crippen molar-refractivity contribution >= 4 is 37.9 Å². The topological polar surface area (TPSA) is 76.1 Å². The van der Waals surface area contributed by atoms with Gasteiger partial charge in [0.1, 0.15) is 5.75 Å². The lowest BCUT2D eigenvalue weighted by Crippen LogP contribution is -2.32. The number of carbonyl (C=O) groups excluding carboxylic acids is 1. The van der Waals surface area contributed by atoms with Gasteiger partial charge in [-0.15, -0.1) is 11.3 Å². The maximum atomic E-state index is 12.1. The zero-order valence-electron chi connectivity index (χ0n) is 13.0. The number of thiazole rings is 1. The van der Waals surface area contributed by atoms with Crippen LogP contribution < -0.4 is 5.32 Å². The summed E-state index contributed by atoms with van der Waals surface area (Å²) in [6.07, 6.45) is 1.41. The molecule has 0 aliphatic carbocycles. The minimum Gasteiger partial charge on any atom is -0.349 e. The number of rotatable bonds is 5. The molecule has 7 heteroatoms. The van der Waals surface area contributed by atoms with E-state index in [0.717, 1.165) is 27.7 Å². The number of hydrogen-bond acceptors (Lipinski definition) is 5. The normalized spacial score (nSPS) is 12.9. The SMILES string of the molecule is CC(NC(=O)CS(=O)(=O)c1nccs1)c1ccc2ccccc2c1. The summed E-state index contributed by atoms with van der Waals surface area (Å²) in [4.78, 5) is 15.9.